The van der Waals surface area contributed by atoms with Gasteiger partial charge in [0.2, 0.25) is 11.7 Å². The van der Waals surface area contributed by atoms with Crippen molar-refractivity contribution < 1.29 is 62.2 Å². The number of Topliss-reactive ketones (excluding diaryl/α,β-unsaturated/α-hetero) is 1. The minimum Gasteiger partial charge on any atom is -0.467 e. The summed E-state index contributed by atoms with van der Waals surface area (Å²) in [5.41, 5.74) is -3.22. The van der Waals surface area contributed by atoms with Crippen molar-refractivity contribution in [2.75, 3.05) is 41.5 Å². The molecule has 3 aliphatic carbocycles. The molecule has 2 heterocycles. The standard InChI is InChI=1S/C32H46O13/c1-15(2)16(3)9-21(34)45-24-26-31-12-43-32(26,29(37)40-8)27(42-14-39-7)23(41-13-38-6)25(31)30(5)11-19(33)22(35)17(4)18(30)10-20(31)44-28(24)36/h9,15,17-20,23-27,33H,10-14H2,1-8H3/b16-9+/t17-,18-,19+,20+,23+,24+,25+,26+,27-,30-,31+,32-/m0/s1. The largest absolute Gasteiger partial charge is 0.467 e. The van der Waals surface area contributed by atoms with Crippen molar-refractivity contribution in [1.29, 1.82) is 0 Å². The monoisotopic (exact) mass is 638 g/mol. The smallest absolute Gasteiger partial charge is 0.348 e. The van der Waals surface area contributed by atoms with E-state index >= 15 is 0 Å². The maximum absolute atomic E-state index is 14.1. The molecule has 0 aromatic rings. The molecule has 252 valence electrons. The van der Waals surface area contributed by atoms with Crippen molar-refractivity contribution in [2.45, 2.75) is 83.6 Å². The summed E-state index contributed by atoms with van der Waals surface area (Å²) in [6.45, 7) is 8.83. The van der Waals surface area contributed by atoms with Crippen LogP contribution in [0.1, 0.15) is 47.5 Å². The third-order valence-corrected chi connectivity index (χ3v) is 11.4. The summed E-state index contributed by atoms with van der Waals surface area (Å²) in [6.07, 6.45) is -4.16. The van der Waals surface area contributed by atoms with Crippen LogP contribution in [0, 0.1) is 40.4 Å². The maximum atomic E-state index is 14.1. The second kappa shape index (κ2) is 12.3. The Hall–Kier alpha value is -2.42. The molecule has 0 aromatic heterocycles. The average molecular weight is 639 g/mol. The minimum absolute atomic E-state index is 0.0435. The molecule has 2 aliphatic heterocycles. The first kappa shape index (κ1) is 33.9. The minimum atomic E-state index is -1.99. The summed E-state index contributed by atoms with van der Waals surface area (Å²) < 4.78 is 47.2. The summed E-state index contributed by atoms with van der Waals surface area (Å²) in [7, 11) is 4.08. The molecule has 2 saturated heterocycles. The lowest BCUT2D eigenvalue weighted by atomic mass is 9.37. The highest BCUT2D eigenvalue weighted by atomic mass is 16.7. The number of rotatable bonds is 10. The highest BCUT2D eigenvalue weighted by Gasteiger charge is 2.86. The van der Waals surface area contributed by atoms with Crippen molar-refractivity contribution in [3.63, 3.8) is 0 Å². The lowest BCUT2D eigenvalue weighted by molar-refractivity contribution is -0.321. The van der Waals surface area contributed by atoms with E-state index in [4.69, 9.17) is 37.9 Å². The van der Waals surface area contributed by atoms with Gasteiger partial charge in [-0.05, 0) is 37.0 Å². The molecular weight excluding hydrogens is 592 g/mol. The van der Waals surface area contributed by atoms with Gasteiger partial charge in [0, 0.05) is 37.5 Å². The number of aliphatic hydroxyl groups excluding tert-OH is 1. The van der Waals surface area contributed by atoms with Crippen LogP contribution in [-0.2, 0) is 57.1 Å². The van der Waals surface area contributed by atoms with Crippen molar-refractivity contribution in [3.05, 3.63) is 11.6 Å². The van der Waals surface area contributed by atoms with Gasteiger partial charge in [0.1, 0.15) is 31.9 Å². The lowest BCUT2D eigenvalue weighted by Crippen LogP contribution is -2.80. The summed E-state index contributed by atoms with van der Waals surface area (Å²) in [5.74, 6) is -5.34. The molecule has 2 bridgehead atoms. The Morgan fingerprint density at radius 1 is 1.09 bits per heavy atom. The van der Waals surface area contributed by atoms with E-state index in [0.29, 0.717) is 0 Å². The van der Waals surface area contributed by atoms with Crippen LogP contribution in [0.5, 0.6) is 0 Å². The molecular formula is C32H46O13. The number of ether oxygens (including phenoxy) is 8. The molecule has 1 spiro atoms. The number of allylic oxidation sites excluding steroid dienone is 1. The Morgan fingerprint density at radius 3 is 2.38 bits per heavy atom. The molecule has 0 unspecified atom stereocenters. The zero-order chi connectivity index (χ0) is 33.1. The molecule has 1 N–H and O–H groups in total. The van der Waals surface area contributed by atoms with Gasteiger partial charge < -0.3 is 43.0 Å². The van der Waals surface area contributed by atoms with E-state index in [1.807, 2.05) is 20.8 Å². The number of aliphatic hydroxyl groups is 1. The van der Waals surface area contributed by atoms with E-state index in [1.165, 1.54) is 27.4 Å². The van der Waals surface area contributed by atoms with Gasteiger partial charge in [-0.2, -0.15) is 0 Å². The van der Waals surface area contributed by atoms with E-state index < -0.39 is 82.6 Å². The third kappa shape index (κ3) is 4.88. The first-order valence-corrected chi connectivity index (χ1v) is 15.5. The summed E-state index contributed by atoms with van der Waals surface area (Å²) >= 11 is 0. The number of methoxy groups -OCH3 is 3. The van der Waals surface area contributed by atoms with Crippen LogP contribution in [0.3, 0.4) is 0 Å². The van der Waals surface area contributed by atoms with Crippen molar-refractivity contribution in [3.8, 4) is 0 Å². The van der Waals surface area contributed by atoms with Gasteiger partial charge in [-0.1, -0.05) is 33.3 Å². The first-order chi connectivity index (χ1) is 21.3. The Kier molecular flexibility index (Phi) is 9.28. The second-order valence-electron chi connectivity index (χ2n) is 13.8. The molecule has 5 fully saturated rings. The van der Waals surface area contributed by atoms with E-state index in [0.717, 1.165) is 5.57 Å². The maximum Gasteiger partial charge on any atom is 0.348 e. The predicted octanol–water partition coefficient (Wildman–Crippen LogP) is 1.57. The van der Waals surface area contributed by atoms with Crippen molar-refractivity contribution in [2.24, 2.45) is 40.4 Å². The Morgan fingerprint density at radius 2 is 1.76 bits per heavy atom. The quantitative estimate of drug-likeness (QED) is 0.159. The van der Waals surface area contributed by atoms with Crippen LogP contribution in [0.2, 0.25) is 0 Å². The molecule has 3 saturated carbocycles. The Labute approximate surface area is 263 Å². The van der Waals surface area contributed by atoms with Crippen LogP contribution in [-0.4, -0.2) is 106 Å². The van der Waals surface area contributed by atoms with Gasteiger partial charge in [0.15, 0.2) is 5.78 Å². The number of hydrogen-bond donors (Lipinski definition) is 1. The highest BCUT2D eigenvalue weighted by Crippen LogP contribution is 2.73. The fourth-order valence-electron chi connectivity index (χ4n) is 9.38. The molecule has 0 radical (unpaired) electrons. The van der Waals surface area contributed by atoms with Crippen LogP contribution in [0.15, 0.2) is 11.6 Å². The molecule has 45 heavy (non-hydrogen) atoms. The predicted molar refractivity (Wildman–Crippen MR) is 153 cm³/mol. The Balaban J connectivity index is 1.76. The fourth-order valence-corrected chi connectivity index (χ4v) is 9.38. The van der Waals surface area contributed by atoms with E-state index in [2.05, 4.69) is 0 Å². The van der Waals surface area contributed by atoms with Crippen LogP contribution in [0.25, 0.3) is 0 Å². The van der Waals surface area contributed by atoms with E-state index in [9.17, 15) is 24.3 Å². The number of carbonyl (C=O) groups is 4. The SMILES string of the molecule is COCO[C@@H]1[C@@H]2[C@@]3(C)C[C@@H](O)C(=O)[C@@H](C)[C@@H]3C[C@H]3OC(=O)[C@H](OC(=O)/C=C(\C)C(C)C)[C@H]4[C@](C(=O)OC)(OC[C@]234)[C@H]1OCOC. The number of carbonyl (C=O) groups excluding carboxylic acids is 4. The fraction of sp³-hybridized carbons (Fsp3) is 0.812. The molecule has 0 amide bonds. The van der Waals surface area contributed by atoms with Crippen molar-refractivity contribution in [1.82, 2.24) is 0 Å². The molecule has 13 heteroatoms. The zero-order valence-electron chi connectivity index (χ0n) is 27.2. The van der Waals surface area contributed by atoms with Gasteiger partial charge in [-0.25, -0.2) is 14.4 Å². The topological polar surface area (TPSA) is 162 Å². The number of esters is 3. The van der Waals surface area contributed by atoms with E-state index in [1.54, 1.807) is 13.8 Å². The van der Waals surface area contributed by atoms with Crippen molar-refractivity contribution >= 4 is 23.7 Å². The summed E-state index contributed by atoms with van der Waals surface area (Å²) in [6, 6.07) is 0. The molecule has 13 nitrogen and oxygen atoms in total. The number of hydrogen-bond acceptors (Lipinski definition) is 13. The van der Waals surface area contributed by atoms with Crippen LogP contribution < -0.4 is 0 Å². The van der Waals surface area contributed by atoms with Crippen LogP contribution in [0.4, 0.5) is 0 Å². The highest BCUT2D eigenvalue weighted by molar-refractivity contribution is 5.90. The van der Waals surface area contributed by atoms with Gasteiger partial charge in [0.05, 0.1) is 25.7 Å². The third-order valence-electron chi connectivity index (χ3n) is 11.4. The number of ketones is 1. The van der Waals surface area contributed by atoms with Gasteiger partial charge in [-0.15, -0.1) is 0 Å². The molecule has 12 atom stereocenters. The van der Waals surface area contributed by atoms with Gasteiger partial charge in [0.25, 0.3) is 0 Å². The lowest BCUT2D eigenvalue weighted by Gasteiger charge is -2.69. The Bertz CT molecular complexity index is 1230. The summed E-state index contributed by atoms with van der Waals surface area (Å²) in [4.78, 5) is 54.5. The molecule has 5 aliphatic rings. The average Bonchev–Trinajstić information content (AvgIpc) is 3.28. The van der Waals surface area contributed by atoms with Crippen LogP contribution >= 0.6 is 0 Å². The van der Waals surface area contributed by atoms with E-state index in [-0.39, 0.29) is 50.7 Å². The zero-order valence-corrected chi connectivity index (χ0v) is 27.2. The molecule has 0 aromatic carbocycles. The molecule has 5 rings (SSSR count). The number of fused-ring (bicyclic) bond motifs is 2. The normalized spacial score (nSPS) is 43.8. The first-order valence-electron chi connectivity index (χ1n) is 15.5. The van der Waals surface area contributed by atoms with Gasteiger partial charge >= 0.3 is 17.9 Å². The van der Waals surface area contributed by atoms with Gasteiger partial charge in [-0.3, -0.25) is 4.79 Å². The second-order valence-corrected chi connectivity index (χ2v) is 13.8. The summed E-state index contributed by atoms with van der Waals surface area (Å²) in [5, 5.41) is 11.1.